The molecule has 1 fully saturated rings. The number of aliphatic hydroxyl groups excluding tert-OH is 1. The summed E-state index contributed by atoms with van der Waals surface area (Å²) < 4.78 is 5.49. The number of aliphatic hydroxyl groups is 1. The monoisotopic (exact) mass is 359 g/mol. The summed E-state index contributed by atoms with van der Waals surface area (Å²) in [5.74, 6) is 0.939. The van der Waals surface area contributed by atoms with Crippen LogP contribution in [0.3, 0.4) is 0 Å². The third-order valence-electron chi connectivity index (χ3n) is 3.74. The van der Waals surface area contributed by atoms with Gasteiger partial charge >= 0.3 is 0 Å². The number of nitrogens with two attached hydrogens (primary N) is 1. The number of guanidine groups is 1. The topological polar surface area (TPSA) is 71.1 Å². The number of hydrogen-bond donors (Lipinski definition) is 2. The number of benzene rings is 1. The smallest absolute Gasteiger partial charge is 0.191 e. The zero-order valence-corrected chi connectivity index (χ0v) is 14.6. The van der Waals surface area contributed by atoms with E-state index < -0.39 is 6.10 Å². The Morgan fingerprint density at radius 1 is 1.26 bits per heavy atom. The zero-order valence-electron chi connectivity index (χ0n) is 13.0. The minimum Gasteiger partial charge on any atom is -0.489 e. The molecule has 1 aromatic carbocycles. The number of hydrogen-bond acceptors (Lipinski definition) is 3. The second-order valence-corrected chi connectivity index (χ2v) is 6.40. The van der Waals surface area contributed by atoms with Crippen LogP contribution in [0, 0.1) is 0 Å². The standard InChI is InChI=1S/C16H23Cl2N3O2/c17-13-6-5-7-14(15(13)18)23-11-12(22)10-20-16(19)21-8-3-1-2-4-9-21/h5-7,12,22H,1-4,8-11H2,(H2,19,20). The van der Waals surface area contributed by atoms with Crippen LogP contribution in [0.5, 0.6) is 5.75 Å². The minimum absolute atomic E-state index is 0.0802. The molecule has 0 amide bonds. The Kier molecular flexibility index (Phi) is 7.27. The Hall–Kier alpha value is -1.17. The summed E-state index contributed by atoms with van der Waals surface area (Å²) in [6.45, 7) is 2.14. The van der Waals surface area contributed by atoms with Gasteiger partial charge in [0, 0.05) is 13.1 Å². The highest BCUT2D eigenvalue weighted by molar-refractivity contribution is 6.42. The fourth-order valence-electron chi connectivity index (χ4n) is 2.43. The SMILES string of the molecule is NC(=NCC(O)COc1cccc(Cl)c1Cl)N1CCCCCC1. The predicted molar refractivity (Wildman–Crippen MR) is 94.5 cm³/mol. The van der Waals surface area contributed by atoms with Gasteiger partial charge in [0.15, 0.2) is 5.96 Å². The van der Waals surface area contributed by atoms with Crippen molar-refractivity contribution in [3.63, 3.8) is 0 Å². The molecule has 1 heterocycles. The molecule has 0 aromatic heterocycles. The Balaban J connectivity index is 1.80. The number of ether oxygens (including phenoxy) is 1. The maximum Gasteiger partial charge on any atom is 0.191 e. The number of halogens is 2. The van der Waals surface area contributed by atoms with Gasteiger partial charge in [-0.15, -0.1) is 0 Å². The van der Waals surface area contributed by atoms with Crippen LogP contribution < -0.4 is 10.5 Å². The van der Waals surface area contributed by atoms with Crippen LogP contribution in [0.15, 0.2) is 23.2 Å². The van der Waals surface area contributed by atoms with Gasteiger partial charge in [-0.3, -0.25) is 4.99 Å². The molecule has 0 spiro atoms. The highest BCUT2D eigenvalue weighted by atomic mass is 35.5. The molecule has 1 saturated heterocycles. The molecule has 1 aliphatic rings. The molecule has 23 heavy (non-hydrogen) atoms. The van der Waals surface area contributed by atoms with Crippen molar-refractivity contribution in [1.29, 1.82) is 0 Å². The summed E-state index contributed by atoms with van der Waals surface area (Å²) >= 11 is 11.9. The van der Waals surface area contributed by atoms with Crippen molar-refractivity contribution in [3.8, 4) is 5.75 Å². The fraction of sp³-hybridized carbons (Fsp3) is 0.562. The Bertz CT molecular complexity index is 532. The van der Waals surface area contributed by atoms with Crippen LogP contribution in [-0.2, 0) is 0 Å². The Labute approximate surface area is 147 Å². The predicted octanol–water partition coefficient (Wildman–Crippen LogP) is 2.92. The molecule has 0 saturated carbocycles. The van der Waals surface area contributed by atoms with E-state index in [1.807, 2.05) is 0 Å². The summed E-state index contributed by atoms with van der Waals surface area (Å²) in [5, 5.41) is 10.8. The van der Waals surface area contributed by atoms with Crippen molar-refractivity contribution >= 4 is 29.2 Å². The second-order valence-electron chi connectivity index (χ2n) is 5.62. The Morgan fingerprint density at radius 2 is 1.96 bits per heavy atom. The van der Waals surface area contributed by atoms with Crippen LogP contribution in [-0.4, -0.2) is 48.3 Å². The van der Waals surface area contributed by atoms with Crippen LogP contribution in [0.1, 0.15) is 25.7 Å². The van der Waals surface area contributed by atoms with E-state index in [-0.39, 0.29) is 13.2 Å². The molecule has 0 radical (unpaired) electrons. The number of likely N-dealkylation sites (tertiary alicyclic amines) is 1. The van der Waals surface area contributed by atoms with Gasteiger partial charge in [-0.1, -0.05) is 42.1 Å². The quantitative estimate of drug-likeness (QED) is 0.626. The van der Waals surface area contributed by atoms with Gasteiger partial charge in [0.25, 0.3) is 0 Å². The summed E-state index contributed by atoms with van der Waals surface area (Å²) in [6, 6.07) is 5.13. The van der Waals surface area contributed by atoms with Crippen LogP contribution in [0.25, 0.3) is 0 Å². The van der Waals surface area contributed by atoms with Crippen molar-refractivity contribution in [1.82, 2.24) is 4.90 Å². The lowest BCUT2D eigenvalue weighted by atomic mass is 10.2. The average Bonchev–Trinajstić information content (AvgIpc) is 2.83. The van der Waals surface area contributed by atoms with Gasteiger partial charge in [-0.25, -0.2) is 0 Å². The van der Waals surface area contributed by atoms with Crippen LogP contribution >= 0.6 is 23.2 Å². The zero-order chi connectivity index (χ0) is 16.7. The van der Waals surface area contributed by atoms with Crippen LogP contribution in [0.2, 0.25) is 10.0 Å². The molecular formula is C16H23Cl2N3O2. The molecular weight excluding hydrogens is 337 g/mol. The molecule has 128 valence electrons. The highest BCUT2D eigenvalue weighted by Gasteiger charge is 2.13. The minimum atomic E-state index is -0.754. The Morgan fingerprint density at radius 3 is 2.65 bits per heavy atom. The highest BCUT2D eigenvalue weighted by Crippen LogP contribution is 2.31. The summed E-state index contributed by atoms with van der Waals surface area (Å²) in [7, 11) is 0. The first kappa shape index (κ1) is 18.2. The first-order valence-electron chi connectivity index (χ1n) is 7.87. The molecule has 5 nitrogen and oxygen atoms in total. The van der Waals surface area contributed by atoms with E-state index in [1.165, 1.54) is 12.8 Å². The third kappa shape index (κ3) is 5.75. The van der Waals surface area contributed by atoms with Gasteiger partial charge in [-0.2, -0.15) is 0 Å². The molecule has 7 heteroatoms. The fourth-order valence-corrected chi connectivity index (χ4v) is 2.78. The molecule has 3 N–H and O–H groups in total. The van der Waals surface area contributed by atoms with E-state index in [4.69, 9.17) is 33.7 Å². The van der Waals surface area contributed by atoms with Gasteiger partial charge in [-0.05, 0) is 25.0 Å². The summed E-state index contributed by atoms with van der Waals surface area (Å²) in [4.78, 5) is 6.35. The number of rotatable bonds is 5. The normalized spacial score (nSPS) is 17.7. The molecule has 1 aromatic rings. The van der Waals surface area contributed by atoms with E-state index in [9.17, 15) is 5.11 Å². The lowest BCUT2D eigenvalue weighted by molar-refractivity contribution is 0.114. The lowest BCUT2D eigenvalue weighted by Gasteiger charge is -2.21. The maximum absolute atomic E-state index is 9.99. The largest absolute Gasteiger partial charge is 0.489 e. The average molecular weight is 360 g/mol. The first-order chi connectivity index (χ1) is 11.1. The molecule has 0 bridgehead atoms. The summed E-state index contributed by atoms with van der Waals surface area (Å²) in [6.07, 6.45) is 3.99. The van der Waals surface area contributed by atoms with E-state index in [0.717, 1.165) is 25.9 Å². The first-order valence-corrected chi connectivity index (χ1v) is 8.63. The van der Waals surface area contributed by atoms with Crippen molar-refractivity contribution in [2.24, 2.45) is 10.7 Å². The van der Waals surface area contributed by atoms with Crippen molar-refractivity contribution < 1.29 is 9.84 Å². The molecule has 1 atom stereocenters. The maximum atomic E-state index is 9.99. The molecule has 2 rings (SSSR count). The molecule has 0 aliphatic carbocycles. The second kappa shape index (κ2) is 9.21. The number of nitrogens with zero attached hydrogens (tertiary/aromatic N) is 2. The van der Waals surface area contributed by atoms with Crippen molar-refractivity contribution in [3.05, 3.63) is 28.2 Å². The molecule has 1 unspecified atom stereocenters. The third-order valence-corrected chi connectivity index (χ3v) is 4.54. The van der Waals surface area contributed by atoms with Gasteiger partial charge in [0.1, 0.15) is 23.5 Å². The van der Waals surface area contributed by atoms with Gasteiger partial charge < -0.3 is 20.5 Å². The van der Waals surface area contributed by atoms with Crippen LogP contribution in [0.4, 0.5) is 0 Å². The molecule has 1 aliphatic heterocycles. The van der Waals surface area contributed by atoms with E-state index in [0.29, 0.717) is 21.8 Å². The number of aliphatic imine (C=N–C) groups is 1. The van der Waals surface area contributed by atoms with Gasteiger partial charge in [0.05, 0.1) is 11.6 Å². The van der Waals surface area contributed by atoms with E-state index in [1.54, 1.807) is 18.2 Å². The van der Waals surface area contributed by atoms with E-state index in [2.05, 4.69) is 9.89 Å². The van der Waals surface area contributed by atoms with Gasteiger partial charge in [0.2, 0.25) is 0 Å². The summed E-state index contributed by atoms with van der Waals surface area (Å²) in [5.41, 5.74) is 6.00. The lowest BCUT2D eigenvalue weighted by Crippen LogP contribution is -2.38. The van der Waals surface area contributed by atoms with Crippen molar-refractivity contribution in [2.45, 2.75) is 31.8 Å². The van der Waals surface area contributed by atoms with Crippen molar-refractivity contribution in [2.75, 3.05) is 26.2 Å². The van der Waals surface area contributed by atoms with E-state index >= 15 is 0 Å².